The molecule has 1 aliphatic carbocycles. The van der Waals surface area contributed by atoms with Crippen molar-refractivity contribution in [1.82, 2.24) is 15.3 Å². The fraction of sp³-hybridized carbons (Fsp3) is 0.286. The normalized spacial score (nSPS) is 13.6. The summed E-state index contributed by atoms with van der Waals surface area (Å²) < 4.78 is 0. The lowest BCUT2D eigenvalue weighted by Crippen LogP contribution is -2.14. The second-order valence-corrected chi connectivity index (χ2v) is 7.91. The molecular weight excluding hydrogens is 411 g/mol. The highest BCUT2D eigenvalue weighted by molar-refractivity contribution is 6.41. The zero-order chi connectivity index (χ0) is 20.5. The van der Waals surface area contributed by atoms with E-state index in [2.05, 4.69) is 20.6 Å². The zero-order valence-electron chi connectivity index (χ0n) is 15.8. The molecule has 1 aromatic carbocycles. The predicted octanol–water partition coefficient (Wildman–Crippen LogP) is 4.56. The Morgan fingerprint density at radius 2 is 1.97 bits per heavy atom. The van der Waals surface area contributed by atoms with Crippen molar-refractivity contribution < 1.29 is 9.59 Å². The van der Waals surface area contributed by atoms with Crippen LogP contribution < -0.4 is 10.6 Å². The lowest BCUT2D eigenvalue weighted by atomic mass is 10.0. The van der Waals surface area contributed by atoms with Crippen LogP contribution in [-0.4, -0.2) is 28.2 Å². The maximum absolute atomic E-state index is 13.2. The van der Waals surface area contributed by atoms with Gasteiger partial charge >= 0.3 is 0 Å². The van der Waals surface area contributed by atoms with E-state index in [0.29, 0.717) is 38.9 Å². The van der Waals surface area contributed by atoms with Crippen LogP contribution in [0.4, 0.5) is 5.82 Å². The summed E-state index contributed by atoms with van der Waals surface area (Å²) in [6, 6.07) is 5.23. The molecule has 2 aromatic heterocycles. The van der Waals surface area contributed by atoms with Crippen LogP contribution in [0.25, 0.3) is 10.9 Å². The van der Waals surface area contributed by atoms with Crippen molar-refractivity contribution in [2.75, 3.05) is 11.9 Å². The standard InChI is InChI=1S/C21H20Cl2N4O2/c1-2-24-9-11-7-15(22)17(16(23)8-11)19(28)14-10-26-18-13(14)5-6-25-20(18)27-21(29)12-3-4-12/h5-8,10,12,24,26H,2-4,9H2,1H3,(H,25,27,29). The highest BCUT2D eigenvalue weighted by atomic mass is 35.5. The summed E-state index contributed by atoms with van der Waals surface area (Å²) in [6.45, 7) is 3.44. The number of hydrogen-bond acceptors (Lipinski definition) is 4. The second kappa shape index (κ2) is 8.14. The first-order valence-electron chi connectivity index (χ1n) is 9.50. The number of fused-ring (bicyclic) bond motifs is 1. The highest BCUT2D eigenvalue weighted by Gasteiger charge is 2.30. The lowest BCUT2D eigenvalue weighted by molar-refractivity contribution is -0.117. The molecule has 0 unspecified atom stereocenters. The molecule has 0 bridgehead atoms. The van der Waals surface area contributed by atoms with Crippen LogP contribution in [-0.2, 0) is 11.3 Å². The van der Waals surface area contributed by atoms with Crippen LogP contribution in [0, 0.1) is 5.92 Å². The maximum Gasteiger partial charge on any atom is 0.228 e. The van der Waals surface area contributed by atoms with Gasteiger partial charge in [0.05, 0.1) is 21.1 Å². The number of ketones is 1. The molecule has 29 heavy (non-hydrogen) atoms. The minimum atomic E-state index is -0.285. The van der Waals surface area contributed by atoms with Crippen LogP contribution in [0.3, 0.4) is 0 Å². The van der Waals surface area contributed by atoms with E-state index in [4.69, 9.17) is 23.2 Å². The second-order valence-electron chi connectivity index (χ2n) is 7.09. The summed E-state index contributed by atoms with van der Waals surface area (Å²) >= 11 is 12.8. The average Bonchev–Trinajstić information content (AvgIpc) is 3.45. The van der Waals surface area contributed by atoms with E-state index in [1.165, 1.54) is 0 Å². The first-order valence-corrected chi connectivity index (χ1v) is 10.3. The van der Waals surface area contributed by atoms with Crippen molar-refractivity contribution in [2.24, 2.45) is 5.92 Å². The lowest BCUT2D eigenvalue weighted by Gasteiger charge is -2.10. The average molecular weight is 431 g/mol. The third kappa shape index (κ3) is 4.01. The Hall–Kier alpha value is -2.41. The number of carbonyl (C=O) groups excluding carboxylic acids is 2. The quantitative estimate of drug-likeness (QED) is 0.479. The van der Waals surface area contributed by atoms with Crippen molar-refractivity contribution in [3.05, 3.63) is 57.3 Å². The fourth-order valence-electron chi connectivity index (χ4n) is 3.25. The maximum atomic E-state index is 13.2. The largest absolute Gasteiger partial charge is 0.357 e. The molecule has 0 atom stereocenters. The van der Waals surface area contributed by atoms with Gasteiger partial charge in [-0.05, 0) is 43.1 Å². The Balaban J connectivity index is 1.68. The van der Waals surface area contributed by atoms with Crippen molar-refractivity contribution in [3.8, 4) is 0 Å². The molecule has 0 spiro atoms. The van der Waals surface area contributed by atoms with Gasteiger partial charge < -0.3 is 15.6 Å². The van der Waals surface area contributed by atoms with Crippen LogP contribution in [0.2, 0.25) is 10.0 Å². The Morgan fingerprint density at radius 3 is 2.62 bits per heavy atom. The zero-order valence-corrected chi connectivity index (χ0v) is 17.3. The number of hydrogen-bond donors (Lipinski definition) is 3. The first kappa shape index (κ1) is 19.9. The molecule has 1 aliphatic rings. The molecule has 0 aliphatic heterocycles. The minimum Gasteiger partial charge on any atom is -0.357 e. The molecule has 4 rings (SSSR count). The third-order valence-corrected chi connectivity index (χ3v) is 5.54. The van der Waals surface area contributed by atoms with Gasteiger partial charge in [-0.3, -0.25) is 9.59 Å². The summed E-state index contributed by atoms with van der Waals surface area (Å²) in [7, 11) is 0. The summed E-state index contributed by atoms with van der Waals surface area (Å²) in [5.74, 6) is 0.139. The molecule has 0 saturated heterocycles. The molecule has 0 radical (unpaired) electrons. The number of nitrogens with one attached hydrogen (secondary N) is 3. The number of anilines is 1. The Labute approximate surface area is 178 Å². The number of aromatic amines is 1. The van der Waals surface area contributed by atoms with E-state index < -0.39 is 0 Å². The number of amides is 1. The summed E-state index contributed by atoms with van der Waals surface area (Å²) in [6.07, 6.45) is 4.97. The summed E-state index contributed by atoms with van der Waals surface area (Å²) in [5.41, 5.74) is 2.19. The van der Waals surface area contributed by atoms with Gasteiger partial charge in [0.25, 0.3) is 0 Å². The number of nitrogens with zero attached hydrogens (tertiary/aromatic N) is 1. The van der Waals surface area contributed by atoms with Crippen LogP contribution in [0.1, 0.15) is 41.3 Å². The monoisotopic (exact) mass is 430 g/mol. The van der Waals surface area contributed by atoms with Crippen LogP contribution in [0.5, 0.6) is 0 Å². The highest BCUT2D eigenvalue weighted by Crippen LogP contribution is 2.34. The molecule has 3 N–H and O–H groups in total. The van der Waals surface area contributed by atoms with Crippen LogP contribution in [0.15, 0.2) is 30.6 Å². The summed E-state index contributed by atoms with van der Waals surface area (Å²) in [4.78, 5) is 32.6. The number of pyridine rings is 1. The Bertz CT molecular complexity index is 1080. The van der Waals surface area contributed by atoms with Gasteiger partial charge in [-0.2, -0.15) is 0 Å². The van der Waals surface area contributed by atoms with Gasteiger partial charge in [-0.15, -0.1) is 0 Å². The van der Waals surface area contributed by atoms with Crippen molar-refractivity contribution in [3.63, 3.8) is 0 Å². The van der Waals surface area contributed by atoms with E-state index in [0.717, 1.165) is 24.9 Å². The van der Waals surface area contributed by atoms with E-state index in [-0.39, 0.29) is 23.2 Å². The topological polar surface area (TPSA) is 86.9 Å². The Kier molecular flexibility index (Phi) is 5.58. The molecule has 2 heterocycles. The fourth-order valence-corrected chi connectivity index (χ4v) is 3.95. The number of halogens is 2. The number of H-pyrrole nitrogens is 1. The van der Waals surface area contributed by atoms with Gasteiger partial charge in [0, 0.05) is 35.8 Å². The van der Waals surface area contributed by atoms with Gasteiger partial charge in [0.15, 0.2) is 11.6 Å². The summed E-state index contributed by atoms with van der Waals surface area (Å²) in [5, 5.41) is 7.31. The van der Waals surface area contributed by atoms with E-state index in [1.807, 2.05) is 6.92 Å². The van der Waals surface area contributed by atoms with Crippen molar-refractivity contribution >= 4 is 51.6 Å². The van der Waals surface area contributed by atoms with Crippen molar-refractivity contribution in [1.29, 1.82) is 0 Å². The molecule has 8 heteroatoms. The molecular formula is C21H20Cl2N4O2. The molecule has 1 fully saturated rings. The van der Waals surface area contributed by atoms with Crippen LogP contribution >= 0.6 is 23.2 Å². The predicted molar refractivity (Wildman–Crippen MR) is 115 cm³/mol. The molecule has 1 saturated carbocycles. The smallest absolute Gasteiger partial charge is 0.228 e. The number of rotatable bonds is 7. The van der Waals surface area contributed by atoms with Gasteiger partial charge in [0.2, 0.25) is 5.91 Å². The van der Waals surface area contributed by atoms with Gasteiger partial charge in [-0.25, -0.2) is 4.98 Å². The third-order valence-electron chi connectivity index (χ3n) is 4.94. The number of carbonyl (C=O) groups is 2. The number of aromatic nitrogens is 2. The molecule has 1 amide bonds. The minimum absolute atomic E-state index is 0.0464. The van der Waals surface area contributed by atoms with Crippen molar-refractivity contribution in [2.45, 2.75) is 26.3 Å². The molecule has 6 nitrogen and oxygen atoms in total. The first-order chi connectivity index (χ1) is 14.0. The van der Waals surface area contributed by atoms with E-state index in [9.17, 15) is 9.59 Å². The van der Waals surface area contributed by atoms with Gasteiger partial charge in [-0.1, -0.05) is 30.1 Å². The Morgan fingerprint density at radius 1 is 1.24 bits per heavy atom. The number of benzene rings is 1. The van der Waals surface area contributed by atoms with E-state index in [1.54, 1.807) is 30.6 Å². The SMILES string of the molecule is CCNCc1cc(Cl)c(C(=O)c2c[nH]c3c(NC(=O)C4CC4)nccc23)c(Cl)c1. The van der Waals surface area contributed by atoms with E-state index >= 15 is 0 Å². The molecule has 150 valence electrons. The molecule has 3 aromatic rings. The van der Waals surface area contributed by atoms with Gasteiger partial charge in [0.1, 0.15) is 0 Å².